The third-order valence-electron chi connectivity index (χ3n) is 6.19. The lowest BCUT2D eigenvalue weighted by Gasteiger charge is -2.36. The van der Waals surface area contributed by atoms with E-state index in [2.05, 4.69) is 20.8 Å². The molecule has 0 aromatic carbocycles. The van der Waals surface area contributed by atoms with Gasteiger partial charge >= 0.3 is 0 Å². The fourth-order valence-electron chi connectivity index (χ4n) is 4.43. The Hall–Kier alpha value is -0.630. The fourth-order valence-corrected chi connectivity index (χ4v) is 4.43. The Morgan fingerprint density at radius 2 is 1.35 bits per heavy atom. The van der Waals surface area contributed by atoms with Gasteiger partial charge in [0.15, 0.2) is 5.78 Å². The summed E-state index contributed by atoms with van der Waals surface area (Å²) in [5.41, 5.74) is 1.80. The Labute approximate surface area is 162 Å². The lowest BCUT2D eigenvalue weighted by Crippen LogP contribution is -2.32. The Balaban J connectivity index is 2.11. The van der Waals surface area contributed by atoms with Gasteiger partial charge in [-0.1, -0.05) is 97.8 Å². The summed E-state index contributed by atoms with van der Waals surface area (Å²) >= 11 is 0. The number of aliphatic hydroxyl groups excluding tert-OH is 1. The second-order valence-electron chi connectivity index (χ2n) is 9.04. The van der Waals surface area contributed by atoms with Gasteiger partial charge in [0.2, 0.25) is 0 Å². The van der Waals surface area contributed by atoms with Gasteiger partial charge in [0.1, 0.15) is 0 Å². The molecule has 152 valence electrons. The van der Waals surface area contributed by atoms with Crippen LogP contribution in [0.5, 0.6) is 0 Å². The van der Waals surface area contributed by atoms with Crippen LogP contribution in [0.15, 0.2) is 11.1 Å². The average molecular weight is 365 g/mol. The smallest absolute Gasteiger partial charge is 0.158 e. The van der Waals surface area contributed by atoms with E-state index in [0.29, 0.717) is 6.42 Å². The SMILES string of the molecule is CCCCCCCCCCCCCCC(O)C1=C(C)C(=O)CCC1(C)C. The zero-order valence-electron chi connectivity index (χ0n) is 18.0. The molecule has 1 unspecified atom stereocenters. The summed E-state index contributed by atoms with van der Waals surface area (Å²) in [5, 5.41) is 10.6. The van der Waals surface area contributed by atoms with Crippen LogP contribution in [0.3, 0.4) is 0 Å². The van der Waals surface area contributed by atoms with Crippen molar-refractivity contribution in [2.45, 2.75) is 130 Å². The molecule has 1 aliphatic rings. The summed E-state index contributed by atoms with van der Waals surface area (Å²) in [6.07, 6.45) is 17.9. The number of hydrogen-bond donors (Lipinski definition) is 1. The minimum Gasteiger partial charge on any atom is -0.389 e. The summed E-state index contributed by atoms with van der Waals surface area (Å²) in [5.74, 6) is 0.230. The van der Waals surface area contributed by atoms with E-state index in [4.69, 9.17) is 0 Å². The molecule has 0 spiro atoms. The zero-order chi connectivity index (χ0) is 19.4. The van der Waals surface area contributed by atoms with E-state index in [1.807, 2.05) is 6.92 Å². The fraction of sp³-hybridized carbons (Fsp3) is 0.875. The number of rotatable bonds is 14. The predicted octanol–water partition coefficient (Wildman–Crippen LogP) is 7.14. The van der Waals surface area contributed by atoms with Crippen molar-refractivity contribution in [3.63, 3.8) is 0 Å². The molecule has 1 N–H and O–H groups in total. The second kappa shape index (κ2) is 12.7. The molecule has 0 aromatic heterocycles. The van der Waals surface area contributed by atoms with Gasteiger partial charge in [-0.05, 0) is 36.3 Å². The van der Waals surface area contributed by atoms with Crippen LogP contribution in [-0.2, 0) is 4.79 Å². The first-order valence-electron chi connectivity index (χ1n) is 11.3. The van der Waals surface area contributed by atoms with Crippen molar-refractivity contribution in [2.75, 3.05) is 0 Å². The van der Waals surface area contributed by atoms with E-state index in [1.165, 1.54) is 70.6 Å². The van der Waals surface area contributed by atoms with Crippen molar-refractivity contribution in [3.05, 3.63) is 11.1 Å². The van der Waals surface area contributed by atoms with E-state index in [1.54, 1.807) is 0 Å². The summed E-state index contributed by atoms with van der Waals surface area (Å²) in [4.78, 5) is 12.0. The van der Waals surface area contributed by atoms with Crippen molar-refractivity contribution in [1.82, 2.24) is 0 Å². The molecule has 0 amide bonds. The number of ketones is 1. The first kappa shape index (κ1) is 23.4. The largest absolute Gasteiger partial charge is 0.389 e. The Morgan fingerprint density at radius 3 is 1.85 bits per heavy atom. The molecule has 1 aliphatic carbocycles. The first-order chi connectivity index (χ1) is 12.4. The van der Waals surface area contributed by atoms with Crippen LogP contribution in [0, 0.1) is 5.41 Å². The maximum atomic E-state index is 12.0. The number of Topliss-reactive ketones (excluding diaryl/α,β-unsaturated/α-hetero) is 1. The highest BCUT2D eigenvalue weighted by molar-refractivity contribution is 5.96. The Bertz CT molecular complexity index is 433. The van der Waals surface area contributed by atoms with Crippen molar-refractivity contribution < 1.29 is 9.90 Å². The molecule has 0 fully saturated rings. The molecule has 0 saturated carbocycles. The average Bonchev–Trinajstić information content (AvgIpc) is 2.59. The van der Waals surface area contributed by atoms with Gasteiger partial charge in [-0.2, -0.15) is 0 Å². The number of hydrogen-bond acceptors (Lipinski definition) is 2. The van der Waals surface area contributed by atoms with Crippen molar-refractivity contribution in [2.24, 2.45) is 5.41 Å². The molecule has 1 atom stereocenters. The number of carbonyl (C=O) groups excluding carboxylic acids is 1. The highest BCUT2D eigenvalue weighted by atomic mass is 16.3. The quantitative estimate of drug-likeness (QED) is 0.332. The van der Waals surface area contributed by atoms with Gasteiger partial charge in [-0.3, -0.25) is 4.79 Å². The van der Waals surface area contributed by atoms with Crippen molar-refractivity contribution in [3.8, 4) is 0 Å². The molecule has 0 heterocycles. The molecular formula is C24H44O2. The predicted molar refractivity (Wildman–Crippen MR) is 112 cm³/mol. The highest BCUT2D eigenvalue weighted by Gasteiger charge is 2.35. The first-order valence-corrected chi connectivity index (χ1v) is 11.3. The topological polar surface area (TPSA) is 37.3 Å². The van der Waals surface area contributed by atoms with Crippen LogP contribution in [0.4, 0.5) is 0 Å². The maximum Gasteiger partial charge on any atom is 0.158 e. The van der Waals surface area contributed by atoms with E-state index in [0.717, 1.165) is 30.4 Å². The molecule has 0 aromatic rings. The van der Waals surface area contributed by atoms with E-state index >= 15 is 0 Å². The van der Waals surface area contributed by atoms with Gasteiger partial charge in [-0.25, -0.2) is 0 Å². The summed E-state index contributed by atoms with van der Waals surface area (Å²) in [6.45, 7) is 8.52. The van der Waals surface area contributed by atoms with Crippen LogP contribution in [-0.4, -0.2) is 17.0 Å². The Kier molecular flexibility index (Phi) is 11.4. The highest BCUT2D eigenvalue weighted by Crippen LogP contribution is 2.41. The zero-order valence-corrected chi connectivity index (χ0v) is 18.0. The van der Waals surface area contributed by atoms with Crippen LogP contribution in [0.2, 0.25) is 0 Å². The molecule has 2 heteroatoms. The summed E-state index contributed by atoms with van der Waals surface area (Å²) in [6, 6.07) is 0. The van der Waals surface area contributed by atoms with Crippen LogP contribution in [0.1, 0.15) is 124 Å². The molecule has 0 saturated heterocycles. The maximum absolute atomic E-state index is 12.0. The van der Waals surface area contributed by atoms with E-state index in [-0.39, 0.29) is 11.2 Å². The van der Waals surface area contributed by atoms with Crippen LogP contribution < -0.4 is 0 Å². The molecule has 0 bridgehead atoms. The van der Waals surface area contributed by atoms with Gasteiger partial charge < -0.3 is 5.11 Å². The normalized spacial score (nSPS) is 18.4. The standard InChI is InChI=1S/C24H44O2/c1-5-6-7-8-9-10-11-12-13-14-15-16-17-22(26)23-20(2)21(25)18-19-24(23,3)4/h22,26H,5-19H2,1-4H3. The molecule has 0 aliphatic heterocycles. The van der Waals surface area contributed by atoms with Gasteiger partial charge in [-0.15, -0.1) is 0 Å². The summed E-state index contributed by atoms with van der Waals surface area (Å²) < 4.78 is 0. The summed E-state index contributed by atoms with van der Waals surface area (Å²) in [7, 11) is 0. The van der Waals surface area contributed by atoms with Crippen molar-refractivity contribution >= 4 is 5.78 Å². The number of allylic oxidation sites excluding steroid dienone is 1. The molecular weight excluding hydrogens is 320 g/mol. The minimum atomic E-state index is -0.433. The third-order valence-corrected chi connectivity index (χ3v) is 6.19. The third kappa shape index (κ3) is 8.37. The molecule has 2 nitrogen and oxygen atoms in total. The van der Waals surface area contributed by atoms with E-state index in [9.17, 15) is 9.90 Å². The molecule has 26 heavy (non-hydrogen) atoms. The van der Waals surface area contributed by atoms with Crippen LogP contribution in [0.25, 0.3) is 0 Å². The molecule has 1 rings (SSSR count). The number of carbonyl (C=O) groups is 1. The lowest BCUT2D eigenvalue weighted by atomic mass is 9.69. The number of unbranched alkanes of at least 4 members (excludes halogenated alkanes) is 11. The number of aliphatic hydroxyl groups is 1. The van der Waals surface area contributed by atoms with Gasteiger partial charge in [0.25, 0.3) is 0 Å². The second-order valence-corrected chi connectivity index (χ2v) is 9.04. The monoisotopic (exact) mass is 364 g/mol. The lowest BCUT2D eigenvalue weighted by molar-refractivity contribution is -0.117. The van der Waals surface area contributed by atoms with Crippen molar-refractivity contribution in [1.29, 1.82) is 0 Å². The van der Waals surface area contributed by atoms with Crippen LogP contribution >= 0.6 is 0 Å². The molecule has 0 radical (unpaired) electrons. The Morgan fingerprint density at radius 1 is 0.885 bits per heavy atom. The van der Waals surface area contributed by atoms with E-state index < -0.39 is 6.10 Å². The minimum absolute atomic E-state index is 0.0332. The van der Waals surface area contributed by atoms with Gasteiger partial charge in [0, 0.05) is 6.42 Å². The van der Waals surface area contributed by atoms with Gasteiger partial charge in [0.05, 0.1) is 6.10 Å².